The normalized spacial score (nSPS) is 10.8. The number of hydrogen-bond acceptors (Lipinski definition) is 4. The first-order chi connectivity index (χ1) is 8.13. The van der Waals surface area contributed by atoms with Crippen LogP contribution in [0.5, 0.6) is 0 Å². The van der Waals surface area contributed by atoms with Gasteiger partial charge in [0.1, 0.15) is 5.82 Å². The van der Waals surface area contributed by atoms with Gasteiger partial charge in [0.25, 0.3) is 0 Å². The second kappa shape index (κ2) is 4.53. The molecule has 0 unspecified atom stereocenters. The molecule has 0 spiro atoms. The van der Waals surface area contributed by atoms with Crippen molar-refractivity contribution in [2.75, 3.05) is 5.73 Å². The average Bonchev–Trinajstić information content (AvgIpc) is 2.57. The molecule has 0 aliphatic heterocycles. The Bertz CT molecular complexity index is 512. The third-order valence-electron chi connectivity index (χ3n) is 2.76. The summed E-state index contributed by atoms with van der Waals surface area (Å²) in [5, 5.41) is 12.5. The second-order valence-corrected chi connectivity index (χ2v) is 4.11. The maximum atomic E-state index is 5.54. The van der Waals surface area contributed by atoms with Crippen LogP contribution in [-0.2, 0) is 6.54 Å². The van der Waals surface area contributed by atoms with Crippen LogP contribution in [0.1, 0.15) is 24.7 Å². The molecule has 2 rings (SSSR count). The summed E-state index contributed by atoms with van der Waals surface area (Å²) in [4.78, 5) is 0. The van der Waals surface area contributed by atoms with E-state index >= 15 is 0 Å². The van der Waals surface area contributed by atoms with Gasteiger partial charge in [-0.15, -0.1) is 10.2 Å². The van der Waals surface area contributed by atoms with Crippen molar-refractivity contribution in [1.29, 1.82) is 0 Å². The van der Waals surface area contributed by atoms with Crippen molar-refractivity contribution < 1.29 is 0 Å². The summed E-state index contributed by atoms with van der Waals surface area (Å²) < 4.78 is 2.02. The zero-order valence-corrected chi connectivity index (χ0v) is 10.4. The predicted octanol–water partition coefficient (Wildman–Crippen LogP) is 1.95. The molecule has 2 N–H and O–H groups in total. The van der Waals surface area contributed by atoms with Crippen molar-refractivity contribution in [3.05, 3.63) is 23.5 Å². The minimum Gasteiger partial charge on any atom is -0.382 e. The van der Waals surface area contributed by atoms with Crippen molar-refractivity contribution in [1.82, 2.24) is 20.0 Å². The average molecular weight is 231 g/mol. The van der Waals surface area contributed by atoms with E-state index in [4.69, 9.17) is 5.73 Å². The SMILES string of the molecule is CCCn1nc(C)c(-c2ccc(N)nn2)c1C. The predicted molar refractivity (Wildman–Crippen MR) is 67.4 cm³/mol. The van der Waals surface area contributed by atoms with Crippen LogP contribution in [0.25, 0.3) is 11.3 Å². The zero-order valence-electron chi connectivity index (χ0n) is 10.4. The van der Waals surface area contributed by atoms with Gasteiger partial charge in [0, 0.05) is 17.8 Å². The van der Waals surface area contributed by atoms with E-state index in [0.29, 0.717) is 5.82 Å². The molecule has 90 valence electrons. The maximum Gasteiger partial charge on any atom is 0.146 e. The molecule has 0 fully saturated rings. The van der Waals surface area contributed by atoms with Gasteiger partial charge in [-0.05, 0) is 32.4 Å². The molecule has 0 radical (unpaired) electrons. The van der Waals surface area contributed by atoms with Gasteiger partial charge in [0.2, 0.25) is 0 Å². The third-order valence-corrected chi connectivity index (χ3v) is 2.76. The Balaban J connectivity index is 2.48. The number of aromatic nitrogens is 4. The summed E-state index contributed by atoms with van der Waals surface area (Å²) in [5.74, 6) is 0.435. The Morgan fingerprint density at radius 2 is 2.00 bits per heavy atom. The van der Waals surface area contributed by atoms with E-state index in [1.807, 2.05) is 17.7 Å². The first-order valence-corrected chi connectivity index (χ1v) is 5.77. The number of rotatable bonds is 3. The van der Waals surface area contributed by atoms with Gasteiger partial charge >= 0.3 is 0 Å². The van der Waals surface area contributed by atoms with Crippen LogP contribution in [0.2, 0.25) is 0 Å². The molecule has 0 aliphatic rings. The molecule has 0 saturated carbocycles. The lowest BCUT2D eigenvalue weighted by atomic mass is 10.1. The minimum atomic E-state index is 0.435. The van der Waals surface area contributed by atoms with Crippen molar-refractivity contribution in [2.45, 2.75) is 33.7 Å². The quantitative estimate of drug-likeness (QED) is 0.876. The number of anilines is 1. The first kappa shape index (κ1) is 11.6. The minimum absolute atomic E-state index is 0.435. The lowest BCUT2D eigenvalue weighted by Gasteiger charge is -2.03. The Labute approximate surface area is 101 Å². The number of nitrogens with two attached hydrogens (primary N) is 1. The van der Waals surface area contributed by atoms with Crippen molar-refractivity contribution in [2.24, 2.45) is 0 Å². The zero-order chi connectivity index (χ0) is 12.4. The summed E-state index contributed by atoms with van der Waals surface area (Å²) in [6.07, 6.45) is 1.06. The van der Waals surface area contributed by atoms with Crippen LogP contribution in [0.4, 0.5) is 5.82 Å². The highest BCUT2D eigenvalue weighted by molar-refractivity contribution is 5.64. The molecule has 2 aromatic rings. The summed E-state index contributed by atoms with van der Waals surface area (Å²) in [6, 6.07) is 3.65. The molecule has 2 heterocycles. The summed E-state index contributed by atoms with van der Waals surface area (Å²) in [6.45, 7) is 7.11. The molecule has 0 aliphatic carbocycles. The van der Waals surface area contributed by atoms with Crippen LogP contribution in [0.15, 0.2) is 12.1 Å². The van der Waals surface area contributed by atoms with E-state index in [0.717, 1.165) is 35.6 Å². The molecule has 0 amide bonds. The van der Waals surface area contributed by atoms with E-state index in [9.17, 15) is 0 Å². The highest BCUT2D eigenvalue weighted by Gasteiger charge is 2.14. The van der Waals surface area contributed by atoms with Gasteiger partial charge < -0.3 is 5.73 Å². The molecule has 0 saturated heterocycles. The molecule has 0 bridgehead atoms. The van der Waals surface area contributed by atoms with Crippen LogP contribution in [-0.4, -0.2) is 20.0 Å². The topological polar surface area (TPSA) is 69.6 Å². The molecule has 2 aromatic heterocycles. The van der Waals surface area contributed by atoms with E-state index in [1.165, 1.54) is 0 Å². The first-order valence-electron chi connectivity index (χ1n) is 5.77. The van der Waals surface area contributed by atoms with Crippen LogP contribution < -0.4 is 5.73 Å². The van der Waals surface area contributed by atoms with Gasteiger partial charge in [0.15, 0.2) is 0 Å². The summed E-state index contributed by atoms with van der Waals surface area (Å²) >= 11 is 0. The second-order valence-electron chi connectivity index (χ2n) is 4.11. The molecule has 5 nitrogen and oxygen atoms in total. The molecule has 0 atom stereocenters. The molecular formula is C12H17N5. The number of aryl methyl sites for hydroxylation is 2. The van der Waals surface area contributed by atoms with Crippen molar-refractivity contribution >= 4 is 5.82 Å². The van der Waals surface area contributed by atoms with E-state index in [2.05, 4.69) is 29.1 Å². The summed E-state index contributed by atoms with van der Waals surface area (Å²) in [5.41, 5.74) is 9.54. The van der Waals surface area contributed by atoms with Crippen molar-refractivity contribution in [3.63, 3.8) is 0 Å². The molecule has 0 aromatic carbocycles. The standard InChI is InChI=1S/C12H17N5/c1-4-7-17-9(3)12(8(2)16-17)10-5-6-11(13)15-14-10/h5-6H,4,7H2,1-3H3,(H2,13,15). The maximum absolute atomic E-state index is 5.54. The lowest BCUT2D eigenvalue weighted by Crippen LogP contribution is -2.01. The van der Waals surface area contributed by atoms with Gasteiger partial charge in [-0.1, -0.05) is 6.92 Å². The van der Waals surface area contributed by atoms with E-state index in [-0.39, 0.29) is 0 Å². The molecule has 5 heteroatoms. The fourth-order valence-corrected chi connectivity index (χ4v) is 1.97. The van der Waals surface area contributed by atoms with Gasteiger partial charge in [-0.2, -0.15) is 5.10 Å². The van der Waals surface area contributed by atoms with E-state index in [1.54, 1.807) is 6.07 Å². The lowest BCUT2D eigenvalue weighted by molar-refractivity contribution is 0.583. The van der Waals surface area contributed by atoms with Crippen molar-refractivity contribution in [3.8, 4) is 11.3 Å². The van der Waals surface area contributed by atoms with Crippen LogP contribution >= 0.6 is 0 Å². The van der Waals surface area contributed by atoms with Gasteiger partial charge in [-0.25, -0.2) is 0 Å². The highest BCUT2D eigenvalue weighted by atomic mass is 15.3. The Morgan fingerprint density at radius 3 is 2.59 bits per heavy atom. The molecular weight excluding hydrogens is 214 g/mol. The van der Waals surface area contributed by atoms with E-state index < -0.39 is 0 Å². The Hall–Kier alpha value is -1.91. The fraction of sp³-hybridized carbons (Fsp3) is 0.417. The number of hydrogen-bond donors (Lipinski definition) is 1. The smallest absolute Gasteiger partial charge is 0.146 e. The summed E-state index contributed by atoms with van der Waals surface area (Å²) in [7, 11) is 0. The highest BCUT2D eigenvalue weighted by Crippen LogP contribution is 2.24. The number of nitrogens with zero attached hydrogens (tertiary/aromatic N) is 4. The number of nitrogen functional groups attached to an aromatic ring is 1. The monoisotopic (exact) mass is 231 g/mol. The Morgan fingerprint density at radius 1 is 1.24 bits per heavy atom. The third kappa shape index (κ3) is 2.13. The largest absolute Gasteiger partial charge is 0.382 e. The molecule has 17 heavy (non-hydrogen) atoms. The van der Waals surface area contributed by atoms with Gasteiger partial charge in [0.05, 0.1) is 11.4 Å². The fourth-order valence-electron chi connectivity index (χ4n) is 1.97. The van der Waals surface area contributed by atoms with Gasteiger partial charge in [-0.3, -0.25) is 4.68 Å². The van der Waals surface area contributed by atoms with Crippen LogP contribution in [0.3, 0.4) is 0 Å². The van der Waals surface area contributed by atoms with Crippen LogP contribution in [0, 0.1) is 13.8 Å². The Kier molecular flexibility index (Phi) is 3.08.